The van der Waals surface area contributed by atoms with Crippen LogP contribution in [0.15, 0.2) is 27.8 Å². The minimum atomic E-state index is 0.00427. The molecular formula is C19H25N3O4S. The summed E-state index contributed by atoms with van der Waals surface area (Å²) in [6.45, 7) is 2.20. The van der Waals surface area contributed by atoms with E-state index >= 15 is 0 Å². The zero-order valence-corrected chi connectivity index (χ0v) is 16.7. The van der Waals surface area contributed by atoms with E-state index < -0.39 is 0 Å². The largest absolute Gasteiger partial charge is 0.493 e. The summed E-state index contributed by atoms with van der Waals surface area (Å²) < 4.78 is 16.2. The summed E-state index contributed by atoms with van der Waals surface area (Å²) in [5, 5.41) is 11.6. The normalized spacial score (nSPS) is 19.5. The maximum Gasteiger partial charge on any atom is 0.277 e. The first kappa shape index (κ1) is 19.5. The number of benzene rings is 1. The van der Waals surface area contributed by atoms with Gasteiger partial charge in [0.25, 0.3) is 5.22 Å². The van der Waals surface area contributed by atoms with E-state index in [9.17, 15) is 4.79 Å². The molecule has 1 aliphatic carbocycles. The molecule has 1 saturated carbocycles. The van der Waals surface area contributed by atoms with Gasteiger partial charge in [0.05, 0.1) is 20.0 Å². The molecule has 1 aromatic carbocycles. The predicted octanol–water partition coefficient (Wildman–Crippen LogP) is 3.54. The van der Waals surface area contributed by atoms with Crippen molar-refractivity contribution in [1.29, 1.82) is 0 Å². The van der Waals surface area contributed by atoms with Gasteiger partial charge in [0.1, 0.15) is 0 Å². The lowest BCUT2D eigenvalue weighted by Gasteiger charge is -2.29. The SMILES string of the molecule is COc1ccc(-c2nnc(SCC(=O)N[C@H]3CCCC[C@@H]3C)o2)cc1OC. The Labute approximate surface area is 163 Å². The third-order valence-electron chi connectivity index (χ3n) is 4.82. The Morgan fingerprint density at radius 2 is 2.00 bits per heavy atom. The van der Waals surface area contributed by atoms with Gasteiger partial charge in [-0.3, -0.25) is 4.79 Å². The van der Waals surface area contributed by atoms with Crippen LogP contribution >= 0.6 is 11.8 Å². The molecule has 146 valence electrons. The van der Waals surface area contributed by atoms with Crippen LogP contribution in [0.1, 0.15) is 32.6 Å². The van der Waals surface area contributed by atoms with Crippen molar-refractivity contribution in [3.8, 4) is 23.0 Å². The van der Waals surface area contributed by atoms with E-state index in [0.29, 0.717) is 28.5 Å². The zero-order valence-electron chi connectivity index (χ0n) is 15.9. The molecule has 1 N–H and O–H groups in total. The Morgan fingerprint density at radius 1 is 1.22 bits per heavy atom. The Hall–Kier alpha value is -2.22. The third-order valence-corrected chi connectivity index (χ3v) is 5.64. The van der Waals surface area contributed by atoms with Crippen LogP contribution in [0, 0.1) is 5.92 Å². The van der Waals surface area contributed by atoms with Crippen molar-refractivity contribution in [2.75, 3.05) is 20.0 Å². The molecule has 0 aliphatic heterocycles. The molecule has 1 aliphatic rings. The molecule has 3 rings (SSSR count). The first-order valence-corrected chi connectivity index (χ1v) is 10.1. The van der Waals surface area contributed by atoms with Crippen LogP contribution in [0.4, 0.5) is 0 Å². The van der Waals surface area contributed by atoms with Gasteiger partial charge in [-0.2, -0.15) is 0 Å². The van der Waals surface area contributed by atoms with E-state index in [-0.39, 0.29) is 17.7 Å². The maximum atomic E-state index is 12.2. The molecule has 1 amide bonds. The number of nitrogens with zero attached hydrogens (tertiary/aromatic N) is 2. The van der Waals surface area contributed by atoms with Gasteiger partial charge < -0.3 is 19.2 Å². The highest BCUT2D eigenvalue weighted by atomic mass is 32.2. The lowest BCUT2D eigenvalue weighted by Crippen LogP contribution is -2.41. The number of thioether (sulfide) groups is 1. The Kier molecular flexibility index (Phi) is 6.60. The molecule has 27 heavy (non-hydrogen) atoms. The summed E-state index contributed by atoms with van der Waals surface area (Å²) in [4.78, 5) is 12.2. The van der Waals surface area contributed by atoms with Crippen molar-refractivity contribution >= 4 is 17.7 Å². The van der Waals surface area contributed by atoms with E-state index in [1.165, 1.54) is 31.0 Å². The van der Waals surface area contributed by atoms with Gasteiger partial charge in [-0.1, -0.05) is 31.5 Å². The molecule has 0 saturated heterocycles. The highest BCUT2D eigenvalue weighted by molar-refractivity contribution is 7.99. The van der Waals surface area contributed by atoms with Gasteiger partial charge in [0, 0.05) is 11.6 Å². The number of amides is 1. The van der Waals surface area contributed by atoms with Gasteiger partial charge >= 0.3 is 0 Å². The van der Waals surface area contributed by atoms with E-state index in [1.807, 2.05) is 6.07 Å². The summed E-state index contributed by atoms with van der Waals surface area (Å²) in [6, 6.07) is 5.65. The highest BCUT2D eigenvalue weighted by Crippen LogP contribution is 2.32. The third kappa shape index (κ3) is 4.94. The lowest BCUT2D eigenvalue weighted by atomic mass is 9.86. The number of methoxy groups -OCH3 is 2. The van der Waals surface area contributed by atoms with Crippen LogP contribution < -0.4 is 14.8 Å². The van der Waals surface area contributed by atoms with Crippen LogP contribution in [0.25, 0.3) is 11.5 Å². The summed E-state index contributed by atoms with van der Waals surface area (Å²) in [6.07, 6.45) is 4.67. The fourth-order valence-corrected chi connectivity index (χ4v) is 3.83. The number of nitrogens with one attached hydrogen (secondary N) is 1. The molecular weight excluding hydrogens is 366 g/mol. The van der Waals surface area contributed by atoms with E-state index in [0.717, 1.165) is 12.0 Å². The van der Waals surface area contributed by atoms with Crippen molar-refractivity contribution in [2.24, 2.45) is 5.92 Å². The molecule has 7 nitrogen and oxygen atoms in total. The number of carbonyl (C=O) groups is 1. The van der Waals surface area contributed by atoms with Crippen molar-refractivity contribution in [3.63, 3.8) is 0 Å². The van der Waals surface area contributed by atoms with Crippen molar-refractivity contribution in [3.05, 3.63) is 18.2 Å². The highest BCUT2D eigenvalue weighted by Gasteiger charge is 2.23. The Balaban J connectivity index is 1.57. The predicted molar refractivity (Wildman–Crippen MR) is 103 cm³/mol. The molecule has 0 bridgehead atoms. The molecule has 0 radical (unpaired) electrons. The van der Waals surface area contributed by atoms with Crippen LogP contribution in [0.5, 0.6) is 11.5 Å². The summed E-state index contributed by atoms with van der Waals surface area (Å²) in [5.41, 5.74) is 0.729. The van der Waals surface area contributed by atoms with Crippen LogP contribution in [-0.4, -0.2) is 42.1 Å². The quantitative estimate of drug-likeness (QED) is 0.722. The molecule has 8 heteroatoms. The number of hydrogen-bond donors (Lipinski definition) is 1. The minimum absolute atomic E-state index is 0.00427. The topological polar surface area (TPSA) is 86.5 Å². The standard InChI is InChI=1S/C19H25N3O4S/c1-12-6-4-5-7-14(12)20-17(23)11-27-19-22-21-18(26-19)13-8-9-15(24-2)16(10-13)25-3/h8-10,12,14H,4-7,11H2,1-3H3,(H,20,23)/t12-,14-/m0/s1. The summed E-state index contributed by atoms with van der Waals surface area (Å²) in [7, 11) is 3.15. The molecule has 1 aromatic heterocycles. The summed E-state index contributed by atoms with van der Waals surface area (Å²) in [5.74, 6) is 2.39. The number of rotatable bonds is 7. The number of hydrogen-bond acceptors (Lipinski definition) is 7. The number of ether oxygens (including phenoxy) is 2. The summed E-state index contributed by atoms with van der Waals surface area (Å²) >= 11 is 1.24. The van der Waals surface area contributed by atoms with E-state index in [4.69, 9.17) is 13.9 Å². The zero-order chi connectivity index (χ0) is 19.2. The number of aromatic nitrogens is 2. The Morgan fingerprint density at radius 3 is 2.74 bits per heavy atom. The van der Waals surface area contributed by atoms with Gasteiger partial charge in [0.15, 0.2) is 11.5 Å². The average Bonchev–Trinajstić information content (AvgIpc) is 3.16. The molecule has 1 heterocycles. The second-order valence-electron chi connectivity index (χ2n) is 6.67. The Bertz CT molecular complexity index is 780. The lowest BCUT2D eigenvalue weighted by molar-refractivity contribution is -0.119. The molecule has 2 aromatic rings. The molecule has 1 fully saturated rings. The fraction of sp³-hybridized carbons (Fsp3) is 0.526. The van der Waals surface area contributed by atoms with Gasteiger partial charge in [-0.25, -0.2) is 0 Å². The first-order valence-electron chi connectivity index (χ1n) is 9.08. The monoisotopic (exact) mass is 391 g/mol. The molecule has 2 atom stereocenters. The van der Waals surface area contributed by atoms with Crippen LogP contribution in [-0.2, 0) is 4.79 Å². The van der Waals surface area contributed by atoms with Crippen molar-refractivity contribution < 1.29 is 18.7 Å². The average molecular weight is 391 g/mol. The van der Waals surface area contributed by atoms with Gasteiger partial charge in [-0.05, 0) is 37.0 Å². The first-order chi connectivity index (χ1) is 13.1. The van der Waals surface area contributed by atoms with Gasteiger partial charge in [0.2, 0.25) is 11.8 Å². The second-order valence-corrected chi connectivity index (χ2v) is 7.59. The van der Waals surface area contributed by atoms with Gasteiger partial charge in [-0.15, -0.1) is 10.2 Å². The smallest absolute Gasteiger partial charge is 0.277 e. The number of carbonyl (C=O) groups excluding carboxylic acids is 1. The van der Waals surface area contributed by atoms with Crippen molar-refractivity contribution in [2.45, 2.75) is 43.9 Å². The van der Waals surface area contributed by atoms with Crippen LogP contribution in [0.2, 0.25) is 0 Å². The van der Waals surface area contributed by atoms with E-state index in [2.05, 4.69) is 22.4 Å². The second kappa shape index (κ2) is 9.12. The van der Waals surface area contributed by atoms with Crippen LogP contribution in [0.3, 0.4) is 0 Å². The maximum absolute atomic E-state index is 12.2. The minimum Gasteiger partial charge on any atom is -0.493 e. The molecule has 0 unspecified atom stereocenters. The van der Waals surface area contributed by atoms with E-state index in [1.54, 1.807) is 26.4 Å². The fourth-order valence-electron chi connectivity index (χ4n) is 3.26. The molecule has 0 spiro atoms. The van der Waals surface area contributed by atoms with Crippen molar-refractivity contribution in [1.82, 2.24) is 15.5 Å².